The Kier molecular flexibility index (Phi) is 5.28. The molecule has 0 radical (unpaired) electrons. The highest BCUT2D eigenvalue weighted by molar-refractivity contribution is 5.94. The third-order valence-corrected chi connectivity index (χ3v) is 4.36. The van der Waals surface area contributed by atoms with Gasteiger partial charge in [0, 0.05) is 25.2 Å². The molecule has 0 aromatic heterocycles. The Morgan fingerprint density at radius 1 is 1.08 bits per heavy atom. The van der Waals surface area contributed by atoms with Crippen LogP contribution in [0, 0.1) is 0 Å². The Labute approximate surface area is 145 Å². The van der Waals surface area contributed by atoms with E-state index in [0.29, 0.717) is 12.1 Å². The van der Waals surface area contributed by atoms with E-state index < -0.39 is 6.61 Å². The fourth-order valence-electron chi connectivity index (χ4n) is 3.07. The van der Waals surface area contributed by atoms with Crippen molar-refractivity contribution in [3.8, 4) is 5.75 Å². The molecule has 0 bridgehead atoms. The van der Waals surface area contributed by atoms with Gasteiger partial charge in [0.15, 0.2) is 0 Å². The molecule has 2 aromatic rings. The van der Waals surface area contributed by atoms with E-state index >= 15 is 0 Å². The fourth-order valence-corrected chi connectivity index (χ4v) is 3.07. The second-order valence-corrected chi connectivity index (χ2v) is 6.09. The molecule has 1 aliphatic heterocycles. The topological polar surface area (TPSA) is 32.8 Å². The zero-order valence-corrected chi connectivity index (χ0v) is 13.9. The monoisotopic (exact) mass is 346 g/mol. The van der Waals surface area contributed by atoms with Gasteiger partial charge in [-0.25, -0.2) is 0 Å². The summed E-state index contributed by atoms with van der Waals surface area (Å²) in [4.78, 5) is 17.0. The van der Waals surface area contributed by atoms with Crippen LogP contribution in [0.2, 0.25) is 0 Å². The van der Waals surface area contributed by atoms with Crippen molar-refractivity contribution in [3.05, 3.63) is 65.7 Å². The van der Waals surface area contributed by atoms with E-state index in [4.69, 9.17) is 0 Å². The van der Waals surface area contributed by atoms with Crippen LogP contribution in [0.3, 0.4) is 0 Å². The normalized spacial score (nSPS) is 18.4. The highest BCUT2D eigenvalue weighted by Crippen LogP contribution is 2.27. The summed E-state index contributed by atoms with van der Waals surface area (Å²) in [7, 11) is 2.04. The maximum absolute atomic E-state index is 12.9. The minimum absolute atomic E-state index is 0.0376. The molecule has 1 heterocycles. The van der Waals surface area contributed by atoms with Crippen LogP contribution < -0.4 is 4.74 Å². The molecule has 1 amide bonds. The van der Waals surface area contributed by atoms with Crippen LogP contribution >= 0.6 is 0 Å². The summed E-state index contributed by atoms with van der Waals surface area (Å²) in [5, 5.41) is 0. The molecule has 0 N–H and O–H groups in total. The molecule has 4 nitrogen and oxygen atoms in total. The fraction of sp³-hybridized carbons (Fsp3) is 0.316. The first-order chi connectivity index (χ1) is 12.0. The van der Waals surface area contributed by atoms with Crippen molar-refractivity contribution in [2.75, 3.05) is 26.7 Å². The Morgan fingerprint density at radius 2 is 1.76 bits per heavy atom. The average Bonchev–Trinajstić information content (AvgIpc) is 2.62. The Balaban J connectivity index is 1.81. The van der Waals surface area contributed by atoms with Gasteiger partial charge in [-0.05, 0) is 36.9 Å². The Morgan fingerprint density at radius 3 is 2.40 bits per heavy atom. The van der Waals surface area contributed by atoms with E-state index in [1.54, 1.807) is 0 Å². The number of hydrogen-bond donors (Lipinski definition) is 0. The van der Waals surface area contributed by atoms with Gasteiger partial charge in [0.05, 0.1) is 6.04 Å². The Bertz CT molecular complexity index is 707. The van der Waals surface area contributed by atoms with Crippen LogP contribution in [0.4, 0.5) is 8.78 Å². The summed E-state index contributed by atoms with van der Waals surface area (Å²) < 4.78 is 28.8. The third-order valence-electron chi connectivity index (χ3n) is 4.36. The zero-order chi connectivity index (χ0) is 17.8. The molecule has 25 heavy (non-hydrogen) atoms. The van der Waals surface area contributed by atoms with Gasteiger partial charge in [0.25, 0.3) is 5.91 Å². The number of alkyl halides is 2. The van der Waals surface area contributed by atoms with Gasteiger partial charge in [-0.15, -0.1) is 0 Å². The largest absolute Gasteiger partial charge is 0.435 e. The van der Waals surface area contributed by atoms with Crippen molar-refractivity contribution in [3.63, 3.8) is 0 Å². The van der Waals surface area contributed by atoms with Crippen LogP contribution in [0.1, 0.15) is 22.0 Å². The van der Waals surface area contributed by atoms with Crippen LogP contribution in [0.15, 0.2) is 54.6 Å². The SMILES string of the molecule is CN1CCN(C(=O)c2ccc(OC(F)F)cc2)[C@H](c2ccccc2)C1. The van der Waals surface area contributed by atoms with Gasteiger partial charge < -0.3 is 14.5 Å². The maximum Gasteiger partial charge on any atom is 0.387 e. The molecule has 0 unspecified atom stereocenters. The Hall–Kier alpha value is -2.47. The number of piperazine rings is 1. The lowest BCUT2D eigenvalue weighted by atomic mass is 10.0. The summed E-state index contributed by atoms with van der Waals surface area (Å²) in [5.74, 6) is -0.0601. The minimum atomic E-state index is -2.87. The first kappa shape index (κ1) is 17.4. The smallest absolute Gasteiger partial charge is 0.387 e. The zero-order valence-electron chi connectivity index (χ0n) is 13.9. The third kappa shape index (κ3) is 4.14. The van der Waals surface area contributed by atoms with Gasteiger partial charge >= 0.3 is 6.61 Å². The van der Waals surface area contributed by atoms with Crippen molar-refractivity contribution >= 4 is 5.91 Å². The first-order valence-corrected chi connectivity index (χ1v) is 8.14. The van der Waals surface area contributed by atoms with Crippen LogP contribution in [0.25, 0.3) is 0 Å². The summed E-state index contributed by atoms with van der Waals surface area (Å²) in [6, 6.07) is 15.7. The van der Waals surface area contributed by atoms with Crippen LogP contribution in [0.5, 0.6) is 5.75 Å². The molecular weight excluding hydrogens is 326 g/mol. The molecule has 1 atom stereocenters. The first-order valence-electron chi connectivity index (χ1n) is 8.14. The predicted octanol–water partition coefficient (Wildman–Crippen LogP) is 3.42. The molecule has 1 aliphatic rings. The maximum atomic E-state index is 12.9. The molecule has 2 aromatic carbocycles. The van der Waals surface area contributed by atoms with Crippen molar-refractivity contribution in [1.29, 1.82) is 0 Å². The van der Waals surface area contributed by atoms with E-state index in [9.17, 15) is 13.6 Å². The number of likely N-dealkylation sites (N-methyl/N-ethyl adjacent to an activating group) is 1. The molecule has 1 fully saturated rings. The molecule has 0 aliphatic carbocycles. The lowest BCUT2D eigenvalue weighted by Crippen LogP contribution is -2.49. The predicted molar refractivity (Wildman–Crippen MR) is 90.8 cm³/mol. The van der Waals surface area contributed by atoms with Gasteiger partial charge in [-0.3, -0.25) is 4.79 Å². The van der Waals surface area contributed by atoms with Crippen molar-refractivity contribution < 1.29 is 18.3 Å². The van der Waals surface area contributed by atoms with E-state index in [0.717, 1.165) is 18.7 Å². The van der Waals surface area contributed by atoms with Gasteiger partial charge in [-0.2, -0.15) is 8.78 Å². The van der Waals surface area contributed by atoms with E-state index in [1.165, 1.54) is 24.3 Å². The van der Waals surface area contributed by atoms with E-state index in [1.807, 2.05) is 42.3 Å². The molecule has 3 rings (SSSR count). The quantitative estimate of drug-likeness (QED) is 0.850. The number of hydrogen-bond acceptors (Lipinski definition) is 3. The highest BCUT2D eigenvalue weighted by atomic mass is 19.3. The number of carbonyl (C=O) groups is 1. The molecule has 6 heteroatoms. The lowest BCUT2D eigenvalue weighted by Gasteiger charge is -2.40. The van der Waals surface area contributed by atoms with Crippen LogP contribution in [-0.2, 0) is 0 Å². The van der Waals surface area contributed by atoms with E-state index in [-0.39, 0.29) is 17.7 Å². The number of carbonyl (C=O) groups excluding carboxylic acids is 1. The summed E-state index contributed by atoms with van der Waals surface area (Å²) >= 11 is 0. The highest BCUT2D eigenvalue weighted by Gasteiger charge is 2.30. The lowest BCUT2D eigenvalue weighted by molar-refractivity contribution is -0.0498. The number of halogens is 2. The molecule has 0 saturated carbocycles. The standard InChI is InChI=1S/C19H20F2N2O2/c1-22-11-12-23(17(13-22)14-5-3-2-4-6-14)18(24)15-7-9-16(10-8-15)25-19(20)21/h2-10,17,19H,11-13H2,1H3/t17-/m0/s1. The molecule has 1 saturated heterocycles. The molecular formula is C19H20F2N2O2. The molecule has 0 spiro atoms. The summed E-state index contributed by atoms with van der Waals surface area (Å²) in [5.41, 5.74) is 1.55. The van der Waals surface area contributed by atoms with Gasteiger partial charge in [-0.1, -0.05) is 30.3 Å². The minimum Gasteiger partial charge on any atom is -0.435 e. The number of ether oxygens (including phenoxy) is 1. The number of benzene rings is 2. The van der Waals surface area contributed by atoms with E-state index in [2.05, 4.69) is 9.64 Å². The van der Waals surface area contributed by atoms with Crippen molar-refractivity contribution in [2.45, 2.75) is 12.7 Å². The molecule has 132 valence electrons. The number of nitrogens with zero attached hydrogens (tertiary/aromatic N) is 2. The van der Waals surface area contributed by atoms with Crippen molar-refractivity contribution in [1.82, 2.24) is 9.80 Å². The van der Waals surface area contributed by atoms with Crippen molar-refractivity contribution in [2.24, 2.45) is 0 Å². The second kappa shape index (κ2) is 7.61. The summed E-state index contributed by atoms with van der Waals surface area (Å²) in [6.07, 6.45) is 0. The second-order valence-electron chi connectivity index (χ2n) is 6.09. The average molecular weight is 346 g/mol. The summed E-state index contributed by atoms with van der Waals surface area (Å²) in [6.45, 7) is -0.713. The van der Waals surface area contributed by atoms with Gasteiger partial charge in [0.1, 0.15) is 5.75 Å². The van der Waals surface area contributed by atoms with Crippen LogP contribution in [-0.4, -0.2) is 49.0 Å². The van der Waals surface area contributed by atoms with Gasteiger partial charge in [0.2, 0.25) is 0 Å². The number of rotatable bonds is 4. The number of amides is 1.